The number of hydrogen-bond acceptors (Lipinski definition) is 3. The van der Waals surface area contributed by atoms with E-state index in [2.05, 4.69) is 18.7 Å². The molecular weight excluding hydrogens is 264 g/mol. The van der Waals surface area contributed by atoms with E-state index in [4.69, 9.17) is 4.74 Å². The zero-order valence-corrected chi connectivity index (χ0v) is 13.3. The van der Waals surface area contributed by atoms with Crippen LogP contribution in [0.3, 0.4) is 0 Å². The standard InChI is InChI=1S/C17H26N2O2/c1-4-15(3)18-8-10-19(11-9-18)17(20)13-21-16-7-5-6-14(2)12-16/h5-7,12,15H,4,8-11,13H2,1-3H3/t15-/m0/s1. The quantitative estimate of drug-likeness (QED) is 0.834. The van der Waals surface area contributed by atoms with Crippen molar-refractivity contribution in [2.75, 3.05) is 32.8 Å². The molecule has 0 aromatic heterocycles. The van der Waals surface area contributed by atoms with Gasteiger partial charge in [0.15, 0.2) is 6.61 Å². The summed E-state index contributed by atoms with van der Waals surface area (Å²) in [5.74, 6) is 0.849. The molecule has 0 radical (unpaired) electrons. The van der Waals surface area contributed by atoms with Crippen molar-refractivity contribution in [2.24, 2.45) is 0 Å². The van der Waals surface area contributed by atoms with Gasteiger partial charge in [-0.1, -0.05) is 19.1 Å². The molecule has 2 rings (SSSR count). The molecular formula is C17H26N2O2. The number of hydrogen-bond donors (Lipinski definition) is 0. The number of piperazine rings is 1. The Morgan fingerprint density at radius 1 is 1.29 bits per heavy atom. The highest BCUT2D eigenvalue weighted by molar-refractivity contribution is 5.77. The molecule has 1 fully saturated rings. The first-order valence-corrected chi connectivity index (χ1v) is 7.81. The van der Waals surface area contributed by atoms with Crippen LogP contribution in [0.5, 0.6) is 5.75 Å². The zero-order chi connectivity index (χ0) is 15.2. The summed E-state index contributed by atoms with van der Waals surface area (Å²) in [7, 11) is 0. The molecule has 0 spiro atoms. The van der Waals surface area contributed by atoms with Gasteiger partial charge in [0.25, 0.3) is 5.91 Å². The fraction of sp³-hybridized carbons (Fsp3) is 0.588. The maximum atomic E-state index is 12.2. The van der Waals surface area contributed by atoms with Crippen molar-refractivity contribution >= 4 is 5.91 Å². The van der Waals surface area contributed by atoms with Crippen LogP contribution in [0.25, 0.3) is 0 Å². The topological polar surface area (TPSA) is 32.8 Å². The van der Waals surface area contributed by atoms with Gasteiger partial charge >= 0.3 is 0 Å². The lowest BCUT2D eigenvalue weighted by atomic mass is 10.2. The summed E-state index contributed by atoms with van der Waals surface area (Å²) in [6.45, 7) is 10.1. The van der Waals surface area contributed by atoms with Gasteiger partial charge < -0.3 is 9.64 Å². The van der Waals surface area contributed by atoms with Crippen molar-refractivity contribution < 1.29 is 9.53 Å². The summed E-state index contributed by atoms with van der Waals surface area (Å²) in [6, 6.07) is 8.41. The van der Waals surface area contributed by atoms with Gasteiger partial charge in [-0.3, -0.25) is 9.69 Å². The lowest BCUT2D eigenvalue weighted by Crippen LogP contribution is -2.52. The SMILES string of the molecule is CC[C@H](C)N1CCN(C(=O)COc2cccc(C)c2)CC1. The van der Waals surface area contributed by atoms with Crippen LogP contribution in [0.1, 0.15) is 25.8 Å². The largest absolute Gasteiger partial charge is 0.484 e. The van der Waals surface area contributed by atoms with E-state index in [1.54, 1.807) is 0 Å². The number of nitrogens with zero attached hydrogens (tertiary/aromatic N) is 2. The summed E-state index contributed by atoms with van der Waals surface area (Å²) in [5, 5.41) is 0. The van der Waals surface area contributed by atoms with E-state index in [1.807, 2.05) is 36.1 Å². The first kappa shape index (κ1) is 15.8. The van der Waals surface area contributed by atoms with Gasteiger partial charge in [-0.25, -0.2) is 0 Å². The molecule has 1 saturated heterocycles. The molecule has 1 atom stereocenters. The van der Waals surface area contributed by atoms with E-state index >= 15 is 0 Å². The van der Waals surface area contributed by atoms with Crippen LogP contribution in [-0.4, -0.2) is 54.5 Å². The number of rotatable bonds is 5. The second kappa shape index (κ2) is 7.46. The predicted molar refractivity (Wildman–Crippen MR) is 84.6 cm³/mol. The molecule has 1 heterocycles. The number of ether oxygens (including phenoxy) is 1. The lowest BCUT2D eigenvalue weighted by Gasteiger charge is -2.37. The Balaban J connectivity index is 1.77. The molecule has 0 N–H and O–H groups in total. The summed E-state index contributed by atoms with van der Waals surface area (Å²) < 4.78 is 5.59. The number of carbonyl (C=O) groups excluding carboxylic acids is 1. The van der Waals surface area contributed by atoms with E-state index in [0.717, 1.165) is 43.9 Å². The molecule has 4 heteroatoms. The smallest absolute Gasteiger partial charge is 0.260 e. The van der Waals surface area contributed by atoms with Crippen LogP contribution < -0.4 is 4.74 Å². The molecule has 0 saturated carbocycles. The fourth-order valence-electron chi connectivity index (χ4n) is 2.61. The normalized spacial score (nSPS) is 17.6. The number of benzene rings is 1. The van der Waals surface area contributed by atoms with Gasteiger partial charge in [0.2, 0.25) is 0 Å². The third-order valence-electron chi connectivity index (χ3n) is 4.23. The van der Waals surface area contributed by atoms with Crippen LogP contribution >= 0.6 is 0 Å². The lowest BCUT2D eigenvalue weighted by molar-refractivity contribution is -0.135. The van der Waals surface area contributed by atoms with Crippen molar-refractivity contribution in [3.8, 4) is 5.75 Å². The van der Waals surface area contributed by atoms with Crippen LogP contribution in [-0.2, 0) is 4.79 Å². The average molecular weight is 290 g/mol. The van der Waals surface area contributed by atoms with E-state index < -0.39 is 0 Å². The van der Waals surface area contributed by atoms with Gasteiger partial charge in [-0.2, -0.15) is 0 Å². The number of carbonyl (C=O) groups is 1. The number of amides is 1. The molecule has 116 valence electrons. The zero-order valence-electron chi connectivity index (χ0n) is 13.3. The number of aryl methyl sites for hydroxylation is 1. The van der Waals surface area contributed by atoms with Gasteiger partial charge in [-0.05, 0) is 38.0 Å². The maximum Gasteiger partial charge on any atom is 0.260 e. The van der Waals surface area contributed by atoms with Crippen LogP contribution in [0.2, 0.25) is 0 Å². The predicted octanol–water partition coefficient (Wildman–Crippen LogP) is 2.32. The Bertz CT molecular complexity index is 468. The summed E-state index contributed by atoms with van der Waals surface area (Å²) in [4.78, 5) is 16.5. The third-order valence-corrected chi connectivity index (χ3v) is 4.23. The molecule has 1 amide bonds. The molecule has 1 aliphatic heterocycles. The van der Waals surface area contributed by atoms with E-state index in [-0.39, 0.29) is 12.5 Å². The average Bonchev–Trinajstić information content (AvgIpc) is 2.52. The highest BCUT2D eigenvalue weighted by Crippen LogP contribution is 2.13. The van der Waals surface area contributed by atoms with Gasteiger partial charge in [-0.15, -0.1) is 0 Å². The van der Waals surface area contributed by atoms with E-state index in [0.29, 0.717) is 6.04 Å². The van der Waals surface area contributed by atoms with Gasteiger partial charge in [0.05, 0.1) is 0 Å². The van der Waals surface area contributed by atoms with Crippen molar-refractivity contribution in [3.05, 3.63) is 29.8 Å². The molecule has 0 bridgehead atoms. The van der Waals surface area contributed by atoms with Gasteiger partial charge in [0, 0.05) is 32.2 Å². The molecule has 1 aromatic rings. The molecule has 1 aliphatic rings. The Morgan fingerprint density at radius 2 is 2.00 bits per heavy atom. The fourth-order valence-corrected chi connectivity index (χ4v) is 2.61. The summed E-state index contributed by atoms with van der Waals surface area (Å²) in [5.41, 5.74) is 1.14. The second-order valence-corrected chi connectivity index (χ2v) is 5.78. The van der Waals surface area contributed by atoms with Crippen molar-refractivity contribution in [1.82, 2.24) is 9.80 Å². The first-order valence-electron chi connectivity index (χ1n) is 7.81. The van der Waals surface area contributed by atoms with E-state index in [1.165, 1.54) is 0 Å². The van der Waals surface area contributed by atoms with Crippen molar-refractivity contribution in [3.63, 3.8) is 0 Å². The van der Waals surface area contributed by atoms with Crippen molar-refractivity contribution in [2.45, 2.75) is 33.2 Å². The minimum Gasteiger partial charge on any atom is -0.484 e. The molecule has 0 unspecified atom stereocenters. The Morgan fingerprint density at radius 3 is 2.62 bits per heavy atom. The Kier molecular flexibility index (Phi) is 5.62. The minimum atomic E-state index is 0.0836. The summed E-state index contributed by atoms with van der Waals surface area (Å²) in [6.07, 6.45) is 1.16. The monoisotopic (exact) mass is 290 g/mol. The van der Waals surface area contributed by atoms with Crippen molar-refractivity contribution in [1.29, 1.82) is 0 Å². The second-order valence-electron chi connectivity index (χ2n) is 5.78. The first-order chi connectivity index (χ1) is 10.1. The summed E-state index contributed by atoms with van der Waals surface area (Å²) >= 11 is 0. The van der Waals surface area contributed by atoms with Crippen LogP contribution in [0.15, 0.2) is 24.3 Å². The van der Waals surface area contributed by atoms with Gasteiger partial charge in [0.1, 0.15) is 5.75 Å². The Labute approximate surface area is 127 Å². The molecule has 1 aromatic carbocycles. The molecule has 0 aliphatic carbocycles. The Hall–Kier alpha value is -1.55. The maximum absolute atomic E-state index is 12.2. The van der Waals surface area contributed by atoms with Crippen LogP contribution in [0, 0.1) is 6.92 Å². The molecule has 4 nitrogen and oxygen atoms in total. The van der Waals surface area contributed by atoms with Crippen LogP contribution in [0.4, 0.5) is 0 Å². The highest BCUT2D eigenvalue weighted by Gasteiger charge is 2.23. The highest BCUT2D eigenvalue weighted by atomic mass is 16.5. The van der Waals surface area contributed by atoms with E-state index in [9.17, 15) is 4.79 Å². The third kappa shape index (κ3) is 4.46. The molecule has 21 heavy (non-hydrogen) atoms. The minimum absolute atomic E-state index is 0.0836.